The number of likely N-dealkylation sites (tertiary alicyclic amines) is 1. The van der Waals surface area contributed by atoms with Crippen LogP contribution in [0.1, 0.15) is 25.3 Å². The van der Waals surface area contributed by atoms with Crippen LogP contribution in [0.25, 0.3) is 11.0 Å². The van der Waals surface area contributed by atoms with E-state index in [0.29, 0.717) is 5.95 Å². The van der Waals surface area contributed by atoms with Gasteiger partial charge in [0, 0.05) is 13.1 Å². The average Bonchev–Trinajstić information content (AvgIpc) is 3.26. The zero-order chi connectivity index (χ0) is 17.9. The van der Waals surface area contributed by atoms with E-state index in [1.807, 2.05) is 42.5 Å². The molecule has 5 nitrogen and oxygen atoms in total. The Bertz CT molecular complexity index is 903. The molecule has 2 heterocycles. The van der Waals surface area contributed by atoms with E-state index in [1.165, 1.54) is 5.56 Å². The van der Waals surface area contributed by atoms with E-state index in [-0.39, 0.29) is 11.9 Å². The third-order valence-corrected chi connectivity index (χ3v) is 5.10. The normalized spacial score (nSPS) is 17.7. The number of anilines is 1. The fourth-order valence-electron chi connectivity index (χ4n) is 3.81. The highest BCUT2D eigenvalue weighted by molar-refractivity contribution is 5.95. The molecule has 3 aromatic rings. The Morgan fingerprint density at radius 1 is 1.15 bits per heavy atom. The minimum absolute atomic E-state index is 0.0448. The van der Waals surface area contributed by atoms with Crippen LogP contribution in [0.4, 0.5) is 5.95 Å². The minimum atomic E-state index is -0.0969. The first-order chi connectivity index (χ1) is 12.8. The first-order valence-electron chi connectivity index (χ1n) is 9.30. The highest BCUT2D eigenvalue weighted by atomic mass is 16.2. The maximum absolute atomic E-state index is 13.0. The Balaban J connectivity index is 1.52. The van der Waals surface area contributed by atoms with Gasteiger partial charge in [0.1, 0.15) is 0 Å². The van der Waals surface area contributed by atoms with Crippen molar-refractivity contribution in [2.75, 3.05) is 11.9 Å². The van der Waals surface area contributed by atoms with Crippen LogP contribution in [0.2, 0.25) is 0 Å². The molecule has 1 amide bonds. The van der Waals surface area contributed by atoms with Gasteiger partial charge < -0.3 is 4.57 Å². The number of amides is 1. The van der Waals surface area contributed by atoms with Crippen molar-refractivity contribution < 1.29 is 4.79 Å². The number of carbonyl (C=O) groups is 1. The lowest BCUT2D eigenvalue weighted by molar-refractivity contribution is -0.120. The van der Waals surface area contributed by atoms with Crippen LogP contribution < -0.4 is 5.32 Å². The molecular weight excluding hydrogens is 324 g/mol. The highest BCUT2D eigenvalue weighted by Gasteiger charge is 2.31. The molecule has 4 rings (SSSR count). The van der Waals surface area contributed by atoms with E-state index < -0.39 is 0 Å². The smallest absolute Gasteiger partial charge is 0.244 e. The molecule has 134 valence electrons. The highest BCUT2D eigenvalue weighted by Crippen LogP contribution is 2.23. The molecule has 1 atom stereocenters. The number of hydrogen-bond acceptors (Lipinski definition) is 3. The van der Waals surface area contributed by atoms with Crippen molar-refractivity contribution in [3.05, 3.63) is 60.2 Å². The molecule has 1 aromatic heterocycles. The second-order valence-corrected chi connectivity index (χ2v) is 6.77. The summed E-state index contributed by atoms with van der Waals surface area (Å²) in [5.74, 6) is 0.689. The van der Waals surface area contributed by atoms with Gasteiger partial charge in [-0.05, 0) is 44.0 Å². The van der Waals surface area contributed by atoms with Gasteiger partial charge in [-0.3, -0.25) is 15.0 Å². The molecule has 1 N–H and O–H groups in total. The topological polar surface area (TPSA) is 50.2 Å². The SMILES string of the molecule is CCn1c(NC(=O)C2CCCN2Cc2ccccc2)nc2ccccc21. The van der Waals surface area contributed by atoms with Crippen LogP contribution in [0.5, 0.6) is 0 Å². The zero-order valence-electron chi connectivity index (χ0n) is 15.1. The number of nitrogens with one attached hydrogen (secondary N) is 1. The molecule has 0 bridgehead atoms. The van der Waals surface area contributed by atoms with Crippen LogP contribution in [0, 0.1) is 0 Å². The molecule has 1 aliphatic rings. The molecule has 5 heteroatoms. The summed E-state index contributed by atoms with van der Waals surface area (Å²) >= 11 is 0. The molecule has 0 radical (unpaired) electrons. The molecule has 26 heavy (non-hydrogen) atoms. The Hall–Kier alpha value is -2.66. The number of fused-ring (bicyclic) bond motifs is 1. The number of imidazole rings is 1. The lowest BCUT2D eigenvalue weighted by Gasteiger charge is -2.23. The molecule has 1 fully saturated rings. The number of para-hydroxylation sites is 2. The predicted octanol–water partition coefficient (Wildman–Crippen LogP) is 3.66. The second-order valence-electron chi connectivity index (χ2n) is 6.77. The van der Waals surface area contributed by atoms with Gasteiger partial charge in [-0.2, -0.15) is 0 Å². The van der Waals surface area contributed by atoms with Gasteiger partial charge in [-0.15, -0.1) is 0 Å². The fourth-order valence-corrected chi connectivity index (χ4v) is 3.81. The van der Waals surface area contributed by atoms with Crippen molar-refractivity contribution in [3.63, 3.8) is 0 Å². The summed E-state index contributed by atoms with van der Waals surface area (Å²) in [6, 6.07) is 18.2. The summed E-state index contributed by atoms with van der Waals surface area (Å²) in [6.45, 7) is 4.61. The number of benzene rings is 2. The number of aromatic nitrogens is 2. The summed E-state index contributed by atoms with van der Waals surface area (Å²) < 4.78 is 2.06. The second kappa shape index (κ2) is 7.30. The molecule has 1 aliphatic heterocycles. The Labute approximate surface area is 153 Å². The van der Waals surface area contributed by atoms with Gasteiger partial charge in [-0.25, -0.2) is 4.98 Å². The van der Waals surface area contributed by atoms with E-state index in [2.05, 4.69) is 38.8 Å². The summed E-state index contributed by atoms with van der Waals surface area (Å²) in [7, 11) is 0. The van der Waals surface area contributed by atoms with Crippen molar-refractivity contribution in [1.82, 2.24) is 14.5 Å². The van der Waals surface area contributed by atoms with Gasteiger partial charge in [0.05, 0.1) is 17.1 Å². The number of aryl methyl sites for hydroxylation is 1. The lowest BCUT2D eigenvalue weighted by atomic mass is 10.1. The van der Waals surface area contributed by atoms with Crippen LogP contribution in [0.15, 0.2) is 54.6 Å². The van der Waals surface area contributed by atoms with Crippen LogP contribution in [-0.4, -0.2) is 32.9 Å². The van der Waals surface area contributed by atoms with Crippen molar-refractivity contribution in [3.8, 4) is 0 Å². The number of hydrogen-bond donors (Lipinski definition) is 1. The number of nitrogens with zero attached hydrogens (tertiary/aromatic N) is 3. The van der Waals surface area contributed by atoms with Crippen LogP contribution in [0.3, 0.4) is 0 Å². The molecule has 0 aliphatic carbocycles. The maximum Gasteiger partial charge on any atom is 0.244 e. The van der Waals surface area contributed by atoms with E-state index in [9.17, 15) is 4.79 Å². The maximum atomic E-state index is 13.0. The van der Waals surface area contributed by atoms with Crippen molar-refractivity contribution >= 4 is 22.9 Å². The summed E-state index contributed by atoms with van der Waals surface area (Å²) in [5.41, 5.74) is 3.21. The number of carbonyl (C=O) groups excluding carboxylic acids is 1. The predicted molar refractivity (Wildman–Crippen MR) is 104 cm³/mol. The molecule has 1 saturated heterocycles. The Morgan fingerprint density at radius 2 is 1.92 bits per heavy atom. The average molecular weight is 348 g/mol. The van der Waals surface area contributed by atoms with Gasteiger partial charge >= 0.3 is 0 Å². The van der Waals surface area contributed by atoms with Gasteiger partial charge in [0.2, 0.25) is 11.9 Å². The van der Waals surface area contributed by atoms with Crippen molar-refractivity contribution in [1.29, 1.82) is 0 Å². The zero-order valence-corrected chi connectivity index (χ0v) is 15.1. The van der Waals surface area contributed by atoms with Gasteiger partial charge in [0.25, 0.3) is 0 Å². The largest absolute Gasteiger partial charge is 0.310 e. The third kappa shape index (κ3) is 3.22. The molecular formula is C21H24N4O. The first-order valence-corrected chi connectivity index (χ1v) is 9.30. The Kier molecular flexibility index (Phi) is 4.71. The minimum Gasteiger partial charge on any atom is -0.310 e. The lowest BCUT2D eigenvalue weighted by Crippen LogP contribution is -2.39. The van der Waals surface area contributed by atoms with E-state index in [0.717, 1.165) is 43.5 Å². The summed E-state index contributed by atoms with van der Waals surface area (Å²) in [4.78, 5) is 19.8. The Morgan fingerprint density at radius 3 is 2.73 bits per heavy atom. The standard InChI is InChI=1S/C21H24N4O/c1-2-25-18-12-7-6-11-17(18)22-21(25)23-20(26)19-13-8-14-24(19)15-16-9-4-3-5-10-16/h3-7,9-12,19H,2,8,13-15H2,1H3,(H,22,23,26). The van der Waals surface area contributed by atoms with E-state index >= 15 is 0 Å². The van der Waals surface area contributed by atoms with Crippen molar-refractivity contribution in [2.45, 2.75) is 38.9 Å². The molecule has 0 saturated carbocycles. The summed E-state index contributed by atoms with van der Waals surface area (Å²) in [6.07, 6.45) is 1.94. The van der Waals surface area contributed by atoms with E-state index in [4.69, 9.17) is 0 Å². The first kappa shape index (κ1) is 16.8. The van der Waals surface area contributed by atoms with Crippen molar-refractivity contribution in [2.24, 2.45) is 0 Å². The van der Waals surface area contributed by atoms with Gasteiger partial charge in [-0.1, -0.05) is 42.5 Å². The van der Waals surface area contributed by atoms with Gasteiger partial charge in [0.15, 0.2) is 0 Å². The van der Waals surface area contributed by atoms with Crippen LogP contribution >= 0.6 is 0 Å². The van der Waals surface area contributed by atoms with E-state index in [1.54, 1.807) is 0 Å². The summed E-state index contributed by atoms with van der Waals surface area (Å²) in [5, 5.41) is 3.08. The quantitative estimate of drug-likeness (QED) is 0.765. The van der Waals surface area contributed by atoms with Crippen LogP contribution in [-0.2, 0) is 17.9 Å². The fraction of sp³-hybridized carbons (Fsp3) is 0.333. The molecule has 0 spiro atoms. The monoisotopic (exact) mass is 348 g/mol. The molecule has 2 aromatic carbocycles. The molecule has 1 unspecified atom stereocenters. The number of rotatable bonds is 5. The third-order valence-electron chi connectivity index (χ3n) is 5.10.